The van der Waals surface area contributed by atoms with E-state index in [1.807, 2.05) is 0 Å². The first-order valence-electron chi connectivity index (χ1n) is 4.59. The highest BCUT2D eigenvalue weighted by Gasteiger charge is 2.38. The van der Waals surface area contributed by atoms with E-state index >= 15 is 0 Å². The minimum absolute atomic E-state index is 0.302. The quantitative estimate of drug-likeness (QED) is 0.764. The molecule has 15 heavy (non-hydrogen) atoms. The number of sulfone groups is 1. The highest BCUT2D eigenvalue weighted by atomic mass is 32.2. The monoisotopic (exact) mass is 221 g/mol. The van der Waals surface area contributed by atoms with Crippen LogP contribution in [0.2, 0.25) is 0 Å². The Morgan fingerprint density at radius 1 is 1.20 bits per heavy atom. The van der Waals surface area contributed by atoms with Crippen LogP contribution in [0, 0.1) is 0 Å². The van der Waals surface area contributed by atoms with Gasteiger partial charge in [0.2, 0.25) is 9.84 Å². The summed E-state index contributed by atoms with van der Waals surface area (Å²) in [6, 6.07) is 8.37. The summed E-state index contributed by atoms with van der Waals surface area (Å²) in [5, 5.41) is 0. The lowest BCUT2D eigenvalue weighted by Gasteiger charge is -2.18. The summed E-state index contributed by atoms with van der Waals surface area (Å²) < 4.78 is 24.4. The third kappa shape index (κ3) is 1.51. The first-order valence-corrected chi connectivity index (χ1v) is 6.07. The average molecular weight is 221 g/mol. The number of benzene rings is 1. The Morgan fingerprint density at radius 2 is 1.87 bits per heavy atom. The summed E-state index contributed by atoms with van der Waals surface area (Å²) in [4.78, 5) is 3.15. The van der Waals surface area contributed by atoms with E-state index in [0.29, 0.717) is 4.90 Å². The van der Waals surface area contributed by atoms with Crippen molar-refractivity contribution in [3.8, 4) is 0 Å². The molecule has 1 aromatic rings. The van der Waals surface area contributed by atoms with Gasteiger partial charge < -0.3 is 0 Å². The molecule has 1 aliphatic heterocycles. The predicted octanol–water partition coefficient (Wildman–Crippen LogP) is 1.82. The Hall–Kier alpha value is -1.42. The molecule has 0 N–H and O–H groups in total. The van der Waals surface area contributed by atoms with Crippen LogP contribution in [0.3, 0.4) is 0 Å². The van der Waals surface area contributed by atoms with E-state index in [1.54, 1.807) is 49.4 Å². The molecule has 1 aliphatic rings. The van der Waals surface area contributed by atoms with E-state index in [0.717, 1.165) is 0 Å². The smallest absolute Gasteiger partial charge is 0.207 e. The summed E-state index contributed by atoms with van der Waals surface area (Å²) in [5.74, 6) is 0. The molecule has 0 bridgehead atoms. The standard InChI is InChI=1S/C11H11NO2S/c1-11(8-5-9-12-11)15(13,14)10-6-3-2-4-7-10/h2-9H,1H3. The summed E-state index contributed by atoms with van der Waals surface area (Å²) in [7, 11) is -3.42. The Kier molecular flexibility index (Phi) is 2.23. The van der Waals surface area contributed by atoms with Gasteiger partial charge in [0.25, 0.3) is 0 Å². The number of hydrogen-bond acceptors (Lipinski definition) is 3. The molecular weight excluding hydrogens is 210 g/mol. The van der Waals surface area contributed by atoms with Gasteiger partial charge in [-0.05, 0) is 31.2 Å². The number of rotatable bonds is 2. The van der Waals surface area contributed by atoms with Crippen LogP contribution in [0.1, 0.15) is 6.92 Å². The van der Waals surface area contributed by atoms with Crippen LogP contribution in [0.4, 0.5) is 0 Å². The molecule has 2 rings (SSSR count). The molecule has 0 spiro atoms. The van der Waals surface area contributed by atoms with E-state index in [4.69, 9.17) is 0 Å². The van der Waals surface area contributed by atoms with Gasteiger partial charge in [-0.1, -0.05) is 18.2 Å². The van der Waals surface area contributed by atoms with Crippen molar-refractivity contribution >= 4 is 16.1 Å². The molecule has 0 radical (unpaired) electrons. The SMILES string of the molecule is CC1(S(=O)(=O)c2ccccc2)C=CC=N1. The third-order valence-corrected chi connectivity index (χ3v) is 4.64. The van der Waals surface area contributed by atoms with Crippen LogP contribution in [0.25, 0.3) is 0 Å². The van der Waals surface area contributed by atoms with Crippen molar-refractivity contribution in [2.75, 3.05) is 0 Å². The van der Waals surface area contributed by atoms with Gasteiger partial charge in [-0.3, -0.25) is 4.99 Å². The van der Waals surface area contributed by atoms with Gasteiger partial charge >= 0.3 is 0 Å². The Bertz CT molecular complexity index is 503. The zero-order chi connectivity index (χ0) is 10.9. The van der Waals surface area contributed by atoms with Crippen LogP contribution < -0.4 is 0 Å². The Labute approximate surface area is 89.1 Å². The molecule has 1 unspecified atom stereocenters. The van der Waals surface area contributed by atoms with Crippen molar-refractivity contribution in [2.24, 2.45) is 4.99 Å². The fourth-order valence-corrected chi connectivity index (χ4v) is 2.90. The van der Waals surface area contributed by atoms with Crippen LogP contribution in [0.5, 0.6) is 0 Å². The maximum atomic E-state index is 12.2. The fraction of sp³-hybridized carbons (Fsp3) is 0.182. The molecule has 4 heteroatoms. The predicted molar refractivity (Wildman–Crippen MR) is 59.7 cm³/mol. The van der Waals surface area contributed by atoms with Crippen molar-refractivity contribution in [3.05, 3.63) is 42.5 Å². The van der Waals surface area contributed by atoms with Gasteiger partial charge in [0.1, 0.15) is 0 Å². The van der Waals surface area contributed by atoms with E-state index in [-0.39, 0.29) is 0 Å². The van der Waals surface area contributed by atoms with Gasteiger partial charge in [0.05, 0.1) is 4.90 Å². The summed E-state index contributed by atoms with van der Waals surface area (Å²) >= 11 is 0. The van der Waals surface area contributed by atoms with Gasteiger partial charge in [-0.25, -0.2) is 8.42 Å². The number of allylic oxidation sites excluding steroid dienone is 1. The van der Waals surface area contributed by atoms with Crippen molar-refractivity contribution in [1.82, 2.24) is 0 Å². The van der Waals surface area contributed by atoms with Crippen LogP contribution in [-0.2, 0) is 9.84 Å². The molecule has 1 aromatic carbocycles. The molecule has 0 amide bonds. The first-order chi connectivity index (χ1) is 7.06. The minimum atomic E-state index is -3.42. The van der Waals surface area contributed by atoms with Crippen molar-refractivity contribution in [3.63, 3.8) is 0 Å². The lowest BCUT2D eigenvalue weighted by molar-refractivity contribution is 0.569. The molecule has 0 saturated carbocycles. The maximum absolute atomic E-state index is 12.2. The molecule has 0 aromatic heterocycles. The van der Waals surface area contributed by atoms with Crippen LogP contribution >= 0.6 is 0 Å². The average Bonchev–Trinajstić information content (AvgIpc) is 2.68. The van der Waals surface area contributed by atoms with Crippen LogP contribution in [0.15, 0.2) is 52.4 Å². The molecule has 0 aliphatic carbocycles. The fourth-order valence-electron chi connectivity index (χ4n) is 1.45. The largest absolute Gasteiger partial charge is 0.266 e. The van der Waals surface area contributed by atoms with Gasteiger partial charge in [0.15, 0.2) is 4.87 Å². The molecule has 3 nitrogen and oxygen atoms in total. The summed E-state index contributed by atoms with van der Waals surface area (Å²) in [6.07, 6.45) is 4.76. The second kappa shape index (κ2) is 3.31. The lowest BCUT2D eigenvalue weighted by atomic mass is 10.3. The second-order valence-corrected chi connectivity index (χ2v) is 5.81. The van der Waals surface area contributed by atoms with Gasteiger partial charge in [0, 0.05) is 6.21 Å². The van der Waals surface area contributed by atoms with Crippen LogP contribution in [-0.4, -0.2) is 19.5 Å². The number of aliphatic imine (C=N–C) groups is 1. The normalized spacial score (nSPS) is 24.6. The molecular formula is C11H11NO2S. The van der Waals surface area contributed by atoms with E-state index in [2.05, 4.69) is 4.99 Å². The molecule has 0 fully saturated rings. The Morgan fingerprint density at radius 3 is 2.40 bits per heavy atom. The minimum Gasteiger partial charge on any atom is -0.266 e. The Balaban J connectivity index is 2.54. The van der Waals surface area contributed by atoms with Gasteiger partial charge in [-0.2, -0.15) is 0 Å². The number of nitrogens with zero attached hydrogens (tertiary/aromatic N) is 1. The molecule has 1 heterocycles. The molecule has 78 valence electrons. The number of hydrogen-bond donors (Lipinski definition) is 0. The van der Waals surface area contributed by atoms with E-state index < -0.39 is 14.7 Å². The zero-order valence-corrected chi connectivity index (χ0v) is 9.11. The summed E-state index contributed by atoms with van der Waals surface area (Å²) in [5.41, 5.74) is 0. The molecule has 0 saturated heterocycles. The molecule has 1 atom stereocenters. The summed E-state index contributed by atoms with van der Waals surface area (Å²) in [6.45, 7) is 1.59. The van der Waals surface area contributed by atoms with E-state index in [9.17, 15) is 8.42 Å². The van der Waals surface area contributed by atoms with Gasteiger partial charge in [-0.15, -0.1) is 0 Å². The highest BCUT2D eigenvalue weighted by molar-refractivity contribution is 7.93. The highest BCUT2D eigenvalue weighted by Crippen LogP contribution is 2.29. The first kappa shape index (κ1) is 10.1. The zero-order valence-electron chi connectivity index (χ0n) is 8.29. The van der Waals surface area contributed by atoms with E-state index in [1.165, 1.54) is 6.21 Å². The van der Waals surface area contributed by atoms with Crippen molar-refractivity contribution < 1.29 is 8.42 Å². The van der Waals surface area contributed by atoms with Crippen molar-refractivity contribution in [1.29, 1.82) is 0 Å². The maximum Gasteiger partial charge on any atom is 0.207 e. The second-order valence-electron chi connectivity index (χ2n) is 3.51. The lowest BCUT2D eigenvalue weighted by Crippen LogP contribution is -2.29. The van der Waals surface area contributed by atoms with Crippen molar-refractivity contribution in [2.45, 2.75) is 16.7 Å². The topological polar surface area (TPSA) is 46.5 Å². The third-order valence-electron chi connectivity index (χ3n) is 2.42.